The monoisotopic (exact) mass is 299 g/mol. The lowest BCUT2D eigenvalue weighted by Gasteiger charge is -2.22. The molecule has 5 nitrogen and oxygen atoms in total. The van der Waals surface area contributed by atoms with Crippen molar-refractivity contribution >= 4 is 11.9 Å². The summed E-state index contributed by atoms with van der Waals surface area (Å²) in [6, 6.07) is 1.10. The normalized spacial score (nSPS) is 18.3. The smallest absolute Gasteiger partial charge is 0.336 e. The second-order valence-electron chi connectivity index (χ2n) is 4.82. The standard InChI is InChI=1S/C14H15F2NO4/c15-11-5-9(10(14(19)20)6-12(11)16)13(18)17-7-8-3-1-2-4-21-8/h5-6,8H,1-4,7H2,(H,17,18)(H,19,20). The molecule has 21 heavy (non-hydrogen) atoms. The molecule has 1 aromatic carbocycles. The van der Waals surface area contributed by atoms with Gasteiger partial charge in [0.25, 0.3) is 5.91 Å². The maximum atomic E-state index is 13.2. The van der Waals surface area contributed by atoms with E-state index in [9.17, 15) is 18.4 Å². The average molecular weight is 299 g/mol. The van der Waals surface area contributed by atoms with E-state index in [0.29, 0.717) is 18.7 Å². The van der Waals surface area contributed by atoms with E-state index in [1.54, 1.807) is 0 Å². The van der Waals surface area contributed by atoms with Gasteiger partial charge in [-0.1, -0.05) is 0 Å². The van der Waals surface area contributed by atoms with Crippen molar-refractivity contribution < 1.29 is 28.2 Å². The van der Waals surface area contributed by atoms with E-state index >= 15 is 0 Å². The number of amides is 1. The SMILES string of the molecule is O=C(O)c1cc(F)c(F)cc1C(=O)NCC1CCCCO1. The number of carboxylic acids is 1. The third-order valence-electron chi connectivity index (χ3n) is 3.30. The Morgan fingerprint density at radius 1 is 1.24 bits per heavy atom. The molecule has 1 amide bonds. The molecule has 0 aromatic heterocycles. The Bertz CT molecular complexity index is 556. The molecule has 0 saturated carbocycles. The zero-order valence-electron chi connectivity index (χ0n) is 11.2. The molecule has 1 atom stereocenters. The summed E-state index contributed by atoms with van der Waals surface area (Å²) in [4.78, 5) is 23.0. The number of aromatic carboxylic acids is 1. The number of carboxylic acid groups (broad SMARTS) is 1. The first-order chi connectivity index (χ1) is 9.99. The fourth-order valence-corrected chi connectivity index (χ4v) is 2.18. The van der Waals surface area contributed by atoms with Crippen molar-refractivity contribution in [2.24, 2.45) is 0 Å². The van der Waals surface area contributed by atoms with Crippen molar-refractivity contribution in [1.82, 2.24) is 5.32 Å². The van der Waals surface area contributed by atoms with Crippen LogP contribution < -0.4 is 5.32 Å². The van der Waals surface area contributed by atoms with E-state index in [2.05, 4.69) is 5.32 Å². The highest BCUT2D eigenvalue weighted by Gasteiger charge is 2.21. The summed E-state index contributed by atoms with van der Waals surface area (Å²) in [6.07, 6.45) is 2.62. The van der Waals surface area contributed by atoms with Crippen LogP contribution in [-0.4, -0.2) is 36.2 Å². The van der Waals surface area contributed by atoms with Crippen LogP contribution in [0.1, 0.15) is 40.0 Å². The quantitative estimate of drug-likeness (QED) is 0.891. The van der Waals surface area contributed by atoms with E-state index in [1.807, 2.05) is 0 Å². The van der Waals surface area contributed by atoms with Gasteiger partial charge in [0, 0.05) is 13.2 Å². The Balaban J connectivity index is 2.10. The largest absolute Gasteiger partial charge is 0.478 e. The van der Waals surface area contributed by atoms with Gasteiger partial charge < -0.3 is 15.2 Å². The van der Waals surface area contributed by atoms with Gasteiger partial charge >= 0.3 is 5.97 Å². The van der Waals surface area contributed by atoms with Gasteiger partial charge in [-0.2, -0.15) is 0 Å². The third-order valence-corrected chi connectivity index (χ3v) is 3.30. The van der Waals surface area contributed by atoms with Crippen LogP contribution in [0.25, 0.3) is 0 Å². The van der Waals surface area contributed by atoms with Crippen molar-refractivity contribution in [3.8, 4) is 0 Å². The van der Waals surface area contributed by atoms with Crippen LogP contribution >= 0.6 is 0 Å². The van der Waals surface area contributed by atoms with Crippen molar-refractivity contribution in [2.45, 2.75) is 25.4 Å². The molecule has 1 aliphatic rings. The molecule has 2 N–H and O–H groups in total. The van der Waals surface area contributed by atoms with E-state index in [4.69, 9.17) is 9.84 Å². The van der Waals surface area contributed by atoms with Crippen LogP contribution in [-0.2, 0) is 4.74 Å². The Hall–Kier alpha value is -2.02. The van der Waals surface area contributed by atoms with Crippen LogP contribution in [0.3, 0.4) is 0 Å². The molecule has 0 aliphatic carbocycles. The lowest BCUT2D eigenvalue weighted by atomic mass is 10.1. The highest BCUT2D eigenvalue weighted by molar-refractivity contribution is 6.04. The number of hydrogen-bond acceptors (Lipinski definition) is 3. The molecule has 114 valence electrons. The average Bonchev–Trinajstić information content (AvgIpc) is 2.48. The Morgan fingerprint density at radius 2 is 1.90 bits per heavy atom. The number of rotatable bonds is 4. The van der Waals surface area contributed by atoms with Crippen molar-refractivity contribution in [3.63, 3.8) is 0 Å². The minimum atomic E-state index is -1.49. The van der Waals surface area contributed by atoms with Crippen LogP contribution in [0.4, 0.5) is 8.78 Å². The molecular formula is C14H15F2NO4. The van der Waals surface area contributed by atoms with Gasteiger partial charge in [-0.25, -0.2) is 13.6 Å². The van der Waals surface area contributed by atoms with Gasteiger partial charge in [0.1, 0.15) is 0 Å². The number of ether oxygens (including phenoxy) is 1. The van der Waals surface area contributed by atoms with Crippen LogP contribution in [0.5, 0.6) is 0 Å². The minimum Gasteiger partial charge on any atom is -0.478 e. The summed E-state index contributed by atoms with van der Waals surface area (Å²) in [6.45, 7) is 0.822. The molecule has 7 heteroatoms. The third kappa shape index (κ3) is 3.75. The predicted octanol–water partition coefficient (Wildman–Crippen LogP) is 1.96. The van der Waals surface area contributed by atoms with Crippen LogP contribution in [0.2, 0.25) is 0 Å². The number of benzene rings is 1. The Morgan fingerprint density at radius 3 is 2.48 bits per heavy atom. The predicted molar refractivity (Wildman–Crippen MR) is 69.2 cm³/mol. The van der Waals surface area contributed by atoms with Crippen molar-refractivity contribution in [2.75, 3.05) is 13.2 Å². The number of carbonyl (C=O) groups excluding carboxylic acids is 1. The summed E-state index contributed by atoms with van der Waals surface area (Å²) >= 11 is 0. The summed E-state index contributed by atoms with van der Waals surface area (Å²) in [5.41, 5.74) is -0.979. The fourth-order valence-electron chi connectivity index (χ4n) is 2.18. The molecule has 1 saturated heterocycles. The first kappa shape index (κ1) is 15.4. The summed E-state index contributed by atoms with van der Waals surface area (Å²) in [5.74, 6) is -4.83. The molecule has 1 aromatic rings. The lowest BCUT2D eigenvalue weighted by molar-refractivity contribution is 0.0169. The highest BCUT2D eigenvalue weighted by atomic mass is 19.2. The minimum absolute atomic E-state index is 0.138. The van der Waals surface area contributed by atoms with Gasteiger partial charge in [0.15, 0.2) is 11.6 Å². The van der Waals surface area contributed by atoms with Gasteiger partial charge in [-0.05, 0) is 31.4 Å². The Kier molecular flexibility index (Phi) is 4.85. The summed E-state index contributed by atoms with van der Waals surface area (Å²) in [7, 11) is 0. The number of hydrogen-bond donors (Lipinski definition) is 2. The van der Waals surface area contributed by atoms with Crippen LogP contribution in [0, 0.1) is 11.6 Å². The van der Waals surface area contributed by atoms with E-state index in [0.717, 1.165) is 19.3 Å². The van der Waals surface area contributed by atoms with E-state index in [-0.39, 0.29) is 12.6 Å². The maximum Gasteiger partial charge on any atom is 0.336 e. The van der Waals surface area contributed by atoms with E-state index < -0.39 is 34.6 Å². The van der Waals surface area contributed by atoms with Gasteiger partial charge in [-0.3, -0.25) is 4.79 Å². The van der Waals surface area contributed by atoms with Gasteiger partial charge in [0.2, 0.25) is 0 Å². The van der Waals surface area contributed by atoms with Gasteiger partial charge in [-0.15, -0.1) is 0 Å². The molecule has 1 heterocycles. The zero-order valence-corrected chi connectivity index (χ0v) is 11.2. The molecule has 0 bridgehead atoms. The van der Waals surface area contributed by atoms with Crippen molar-refractivity contribution in [3.05, 3.63) is 34.9 Å². The summed E-state index contributed by atoms with van der Waals surface area (Å²) < 4.78 is 31.7. The molecule has 1 aliphatic heterocycles. The number of halogens is 2. The Labute approximate surface area is 119 Å². The number of carbonyl (C=O) groups is 2. The van der Waals surface area contributed by atoms with Crippen molar-refractivity contribution in [1.29, 1.82) is 0 Å². The molecule has 1 fully saturated rings. The number of nitrogens with one attached hydrogen (secondary N) is 1. The second kappa shape index (κ2) is 6.62. The fraction of sp³-hybridized carbons (Fsp3) is 0.429. The topological polar surface area (TPSA) is 75.6 Å². The first-order valence-electron chi connectivity index (χ1n) is 6.61. The summed E-state index contributed by atoms with van der Waals surface area (Å²) in [5, 5.41) is 11.4. The molecule has 0 radical (unpaired) electrons. The molecular weight excluding hydrogens is 284 g/mol. The molecule has 2 rings (SSSR count). The molecule has 1 unspecified atom stereocenters. The van der Waals surface area contributed by atoms with Gasteiger partial charge in [0.05, 0.1) is 17.2 Å². The maximum absolute atomic E-state index is 13.2. The second-order valence-corrected chi connectivity index (χ2v) is 4.82. The first-order valence-corrected chi connectivity index (χ1v) is 6.61. The zero-order chi connectivity index (χ0) is 15.4. The lowest BCUT2D eigenvalue weighted by Crippen LogP contribution is -2.36. The van der Waals surface area contributed by atoms with Crippen LogP contribution in [0.15, 0.2) is 12.1 Å². The van der Waals surface area contributed by atoms with E-state index in [1.165, 1.54) is 0 Å². The highest BCUT2D eigenvalue weighted by Crippen LogP contribution is 2.16. The molecule has 0 spiro atoms.